The van der Waals surface area contributed by atoms with E-state index in [0.29, 0.717) is 12.7 Å². The molecule has 1 aliphatic rings. The van der Waals surface area contributed by atoms with Crippen LogP contribution < -0.4 is 14.8 Å². The third kappa shape index (κ3) is 2.66. The molecule has 3 rings (SSSR count). The highest BCUT2D eigenvalue weighted by Crippen LogP contribution is 2.36. The average Bonchev–Trinajstić information content (AvgIpc) is 3.04. The van der Waals surface area contributed by atoms with Crippen LogP contribution in [-0.4, -0.2) is 18.3 Å². The van der Waals surface area contributed by atoms with Crippen molar-refractivity contribution in [3.8, 4) is 22.8 Å². The van der Waals surface area contributed by atoms with Gasteiger partial charge in [0.25, 0.3) is 0 Å². The number of anilines is 1. The number of fused-ring (bicyclic) bond motifs is 1. The molecule has 0 amide bonds. The molecule has 1 N–H and O–H groups in total. The van der Waals surface area contributed by atoms with Crippen LogP contribution in [0.4, 0.5) is 5.13 Å². The second kappa shape index (κ2) is 5.09. The average molecular weight is 276 g/mol. The number of benzene rings is 1. The van der Waals surface area contributed by atoms with Gasteiger partial charge in [-0.25, -0.2) is 4.98 Å². The molecule has 0 bridgehead atoms. The monoisotopic (exact) mass is 276 g/mol. The van der Waals surface area contributed by atoms with E-state index >= 15 is 0 Å². The second-order valence-corrected chi connectivity index (χ2v) is 5.74. The van der Waals surface area contributed by atoms with Gasteiger partial charge in [-0.1, -0.05) is 13.8 Å². The van der Waals surface area contributed by atoms with E-state index < -0.39 is 0 Å². The molecule has 5 heteroatoms. The predicted molar refractivity (Wildman–Crippen MR) is 77.0 cm³/mol. The van der Waals surface area contributed by atoms with Gasteiger partial charge in [-0.15, -0.1) is 11.3 Å². The zero-order valence-corrected chi connectivity index (χ0v) is 11.8. The summed E-state index contributed by atoms with van der Waals surface area (Å²) in [6, 6.07) is 5.91. The van der Waals surface area contributed by atoms with Gasteiger partial charge in [0.15, 0.2) is 16.6 Å². The Bertz CT molecular complexity index is 581. The van der Waals surface area contributed by atoms with Crippen LogP contribution in [0.2, 0.25) is 0 Å². The molecular formula is C14H16N2O2S. The molecule has 0 saturated carbocycles. The van der Waals surface area contributed by atoms with Crippen molar-refractivity contribution in [2.24, 2.45) is 5.92 Å². The maximum Gasteiger partial charge on any atom is 0.231 e. The minimum Gasteiger partial charge on any atom is -0.454 e. The van der Waals surface area contributed by atoms with E-state index in [9.17, 15) is 0 Å². The number of rotatable bonds is 4. The molecule has 1 aromatic carbocycles. The first kappa shape index (κ1) is 12.3. The van der Waals surface area contributed by atoms with E-state index in [2.05, 4.69) is 29.5 Å². The lowest BCUT2D eigenvalue weighted by Gasteiger charge is -2.04. The third-order valence-corrected chi connectivity index (χ3v) is 3.63. The van der Waals surface area contributed by atoms with E-state index in [1.165, 1.54) is 0 Å². The van der Waals surface area contributed by atoms with Gasteiger partial charge in [0.2, 0.25) is 6.79 Å². The fourth-order valence-electron chi connectivity index (χ4n) is 1.83. The molecule has 0 aliphatic carbocycles. The highest BCUT2D eigenvalue weighted by molar-refractivity contribution is 7.14. The van der Waals surface area contributed by atoms with Crippen LogP contribution in [0.3, 0.4) is 0 Å². The van der Waals surface area contributed by atoms with Gasteiger partial charge in [-0.2, -0.15) is 0 Å². The summed E-state index contributed by atoms with van der Waals surface area (Å²) in [6.45, 7) is 5.60. The van der Waals surface area contributed by atoms with Crippen molar-refractivity contribution in [3.05, 3.63) is 23.6 Å². The topological polar surface area (TPSA) is 43.4 Å². The van der Waals surface area contributed by atoms with Gasteiger partial charge in [0.1, 0.15) is 0 Å². The highest BCUT2D eigenvalue weighted by Gasteiger charge is 2.15. The quantitative estimate of drug-likeness (QED) is 0.926. The summed E-state index contributed by atoms with van der Waals surface area (Å²) in [6.07, 6.45) is 0. The van der Waals surface area contributed by atoms with E-state index in [4.69, 9.17) is 9.47 Å². The first-order valence-electron chi connectivity index (χ1n) is 6.32. The van der Waals surface area contributed by atoms with Crippen LogP contribution in [0.1, 0.15) is 13.8 Å². The molecule has 19 heavy (non-hydrogen) atoms. The highest BCUT2D eigenvalue weighted by atomic mass is 32.1. The Morgan fingerprint density at radius 2 is 2.16 bits per heavy atom. The molecule has 4 nitrogen and oxygen atoms in total. The van der Waals surface area contributed by atoms with E-state index in [0.717, 1.165) is 34.4 Å². The Morgan fingerprint density at radius 1 is 1.32 bits per heavy atom. The number of nitrogens with one attached hydrogen (secondary N) is 1. The predicted octanol–water partition coefficient (Wildman–Crippen LogP) is 3.61. The Kier molecular flexibility index (Phi) is 3.29. The van der Waals surface area contributed by atoms with Crippen molar-refractivity contribution in [2.75, 3.05) is 18.7 Å². The van der Waals surface area contributed by atoms with Crippen molar-refractivity contribution >= 4 is 16.5 Å². The number of nitrogens with zero attached hydrogens (tertiary/aromatic N) is 1. The van der Waals surface area contributed by atoms with Gasteiger partial charge in [-0.3, -0.25) is 0 Å². The normalized spacial score (nSPS) is 13.0. The Balaban J connectivity index is 1.79. The second-order valence-electron chi connectivity index (χ2n) is 4.88. The molecule has 0 radical (unpaired) electrons. The Morgan fingerprint density at radius 3 is 3.00 bits per heavy atom. The molecule has 0 fully saturated rings. The first-order chi connectivity index (χ1) is 9.22. The maximum atomic E-state index is 5.38. The summed E-state index contributed by atoms with van der Waals surface area (Å²) in [5.74, 6) is 2.21. The molecule has 0 spiro atoms. The summed E-state index contributed by atoms with van der Waals surface area (Å²) in [5.41, 5.74) is 2.02. The molecule has 0 saturated heterocycles. The van der Waals surface area contributed by atoms with Crippen molar-refractivity contribution in [3.63, 3.8) is 0 Å². The summed E-state index contributed by atoms with van der Waals surface area (Å²) in [7, 11) is 0. The van der Waals surface area contributed by atoms with Crippen LogP contribution in [0.25, 0.3) is 11.3 Å². The van der Waals surface area contributed by atoms with Crippen LogP contribution in [-0.2, 0) is 0 Å². The molecule has 1 aromatic heterocycles. The number of aromatic nitrogens is 1. The third-order valence-electron chi connectivity index (χ3n) is 2.83. The fourth-order valence-corrected chi connectivity index (χ4v) is 2.56. The van der Waals surface area contributed by atoms with Gasteiger partial charge >= 0.3 is 0 Å². The Hall–Kier alpha value is -1.75. The number of hydrogen-bond donors (Lipinski definition) is 1. The SMILES string of the molecule is CC(C)CNc1nc(-c2ccc3c(c2)OCO3)cs1. The number of ether oxygens (including phenoxy) is 2. The fraction of sp³-hybridized carbons (Fsp3) is 0.357. The summed E-state index contributed by atoms with van der Waals surface area (Å²) in [5, 5.41) is 6.35. The molecule has 2 heterocycles. The van der Waals surface area contributed by atoms with Crippen LogP contribution in [0.15, 0.2) is 23.6 Å². The minimum absolute atomic E-state index is 0.303. The van der Waals surface area contributed by atoms with Crippen molar-refractivity contribution < 1.29 is 9.47 Å². The molecule has 100 valence electrons. The zero-order chi connectivity index (χ0) is 13.2. The molecular weight excluding hydrogens is 260 g/mol. The van der Waals surface area contributed by atoms with Gasteiger partial charge in [0.05, 0.1) is 5.69 Å². The molecule has 0 unspecified atom stereocenters. The maximum absolute atomic E-state index is 5.38. The number of hydrogen-bond acceptors (Lipinski definition) is 5. The smallest absolute Gasteiger partial charge is 0.231 e. The lowest BCUT2D eigenvalue weighted by Crippen LogP contribution is -2.07. The van der Waals surface area contributed by atoms with Gasteiger partial charge in [0, 0.05) is 17.5 Å². The van der Waals surface area contributed by atoms with Crippen molar-refractivity contribution in [1.82, 2.24) is 4.98 Å². The van der Waals surface area contributed by atoms with Crippen LogP contribution in [0, 0.1) is 5.92 Å². The standard InChI is InChI=1S/C14H16N2O2S/c1-9(2)6-15-14-16-11(7-19-14)10-3-4-12-13(5-10)18-8-17-12/h3-5,7,9H,6,8H2,1-2H3,(H,15,16). The summed E-state index contributed by atoms with van der Waals surface area (Å²) in [4.78, 5) is 4.59. The van der Waals surface area contributed by atoms with Crippen molar-refractivity contribution in [1.29, 1.82) is 0 Å². The summed E-state index contributed by atoms with van der Waals surface area (Å²) < 4.78 is 10.7. The van der Waals surface area contributed by atoms with Crippen LogP contribution >= 0.6 is 11.3 Å². The van der Waals surface area contributed by atoms with E-state index in [1.54, 1.807) is 11.3 Å². The van der Waals surface area contributed by atoms with Crippen molar-refractivity contribution in [2.45, 2.75) is 13.8 Å². The number of thiazole rings is 1. The Labute approximate surface area is 116 Å². The minimum atomic E-state index is 0.303. The molecule has 1 aliphatic heterocycles. The molecule has 2 aromatic rings. The van der Waals surface area contributed by atoms with Gasteiger partial charge < -0.3 is 14.8 Å². The van der Waals surface area contributed by atoms with Crippen LogP contribution in [0.5, 0.6) is 11.5 Å². The van der Waals surface area contributed by atoms with E-state index in [-0.39, 0.29) is 0 Å². The zero-order valence-electron chi connectivity index (χ0n) is 11.0. The lowest BCUT2D eigenvalue weighted by atomic mass is 10.1. The largest absolute Gasteiger partial charge is 0.454 e. The summed E-state index contributed by atoms with van der Waals surface area (Å²) >= 11 is 1.63. The van der Waals surface area contributed by atoms with E-state index in [1.807, 2.05) is 18.2 Å². The molecule has 0 atom stereocenters. The first-order valence-corrected chi connectivity index (χ1v) is 7.20. The lowest BCUT2D eigenvalue weighted by molar-refractivity contribution is 0.174. The van der Waals surface area contributed by atoms with Gasteiger partial charge in [-0.05, 0) is 24.1 Å².